The summed E-state index contributed by atoms with van der Waals surface area (Å²) in [6.07, 6.45) is 4.91. The SMILES string of the molecule is CN(C(=O)C(C)(C)C)C1(C)C(C)(C)N(C#N)C(C)(C)C1(C)C.CN1CC2CCC1C2NC(=O)C(C)(C)C. The van der Waals surface area contributed by atoms with E-state index < -0.39 is 16.5 Å². The zero-order valence-electron chi connectivity index (χ0n) is 26.5. The van der Waals surface area contributed by atoms with E-state index >= 15 is 0 Å². The Morgan fingerprint density at radius 1 is 0.919 bits per heavy atom. The van der Waals surface area contributed by atoms with Crippen LogP contribution in [0.4, 0.5) is 0 Å². The molecule has 3 rings (SSSR count). The van der Waals surface area contributed by atoms with Gasteiger partial charge in [0.25, 0.3) is 0 Å². The summed E-state index contributed by atoms with van der Waals surface area (Å²) in [4.78, 5) is 31.0. The summed E-state index contributed by atoms with van der Waals surface area (Å²) in [6, 6.07) is 0.989. The average Bonchev–Trinajstić information content (AvgIpc) is 3.27. The van der Waals surface area contributed by atoms with Crippen LogP contribution in [0.15, 0.2) is 0 Å². The van der Waals surface area contributed by atoms with Crippen molar-refractivity contribution in [1.82, 2.24) is 20.0 Å². The quantitative estimate of drug-likeness (QED) is 0.529. The molecule has 0 spiro atoms. The number of carbonyl (C=O) groups excluding carboxylic acids is 2. The summed E-state index contributed by atoms with van der Waals surface area (Å²) in [7, 11) is 4.05. The lowest BCUT2D eigenvalue weighted by Gasteiger charge is -2.54. The predicted octanol–water partition coefficient (Wildman–Crippen LogP) is 4.87. The number of nitrogens with one attached hydrogen (secondary N) is 1. The van der Waals surface area contributed by atoms with Crippen molar-refractivity contribution in [2.75, 3.05) is 20.6 Å². The van der Waals surface area contributed by atoms with Crippen molar-refractivity contribution >= 4 is 11.8 Å². The van der Waals surface area contributed by atoms with Gasteiger partial charge in [-0.25, -0.2) is 0 Å². The van der Waals surface area contributed by atoms with Crippen LogP contribution in [0, 0.1) is 33.6 Å². The Balaban J connectivity index is 0.000000278. The van der Waals surface area contributed by atoms with Crippen LogP contribution in [0.25, 0.3) is 0 Å². The molecule has 0 aromatic rings. The number of hydrogen-bond acceptors (Lipinski definition) is 5. The number of likely N-dealkylation sites (N-methyl/N-ethyl adjacent to an activating group) is 2. The molecule has 4 unspecified atom stereocenters. The maximum Gasteiger partial charge on any atom is 0.228 e. The van der Waals surface area contributed by atoms with Gasteiger partial charge in [0.05, 0.1) is 16.6 Å². The van der Waals surface area contributed by atoms with Crippen LogP contribution in [0.1, 0.15) is 103 Å². The van der Waals surface area contributed by atoms with Crippen LogP contribution < -0.4 is 5.32 Å². The standard InChI is InChI=1S/C18H33N3O.C12H22N2O/c1-14(2,3)13(22)20(11)18(10)15(4,5)16(6,7)21(12-19)17(18,8)9;1-12(2,3)11(15)13-10-8-5-6-9(10)14(4)7-8/h1-11H3;8-10H,5-7H2,1-4H3,(H,13,15). The van der Waals surface area contributed by atoms with Gasteiger partial charge in [-0.15, -0.1) is 0 Å². The van der Waals surface area contributed by atoms with Gasteiger partial charge in [-0.05, 0) is 60.4 Å². The number of amides is 2. The third-order valence-corrected chi connectivity index (χ3v) is 10.6. The highest BCUT2D eigenvalue weighted by atomic mass is 16.2. The Hall–Kier alpha value is -1.81. The van der Waals surface area contributed by atoms with Crippen LogP contribution >= 0.6 is 0 Å². The molecule has 1 aliphatic carbocycles. The topological polar surface area (TPSA) is 79.7 Å². The van der Waals surface area contributed by atoms with Gasteiger partial charge in [-0.2, -0.15) is 5.26 Å². The minimum absolute atomic E-state index is 0.103. The fourth-order valence-electron chi connectivity index (χ4n) is 7.19. The molecule has 212 valence electrons. The molecule has 37 heavy (non-hydrogen) atoms. The summed E-state index contributed by atoms with van der Waals surface area (Å²) in [5, 5.41) is 13.0. The fourth-order valence-corrected chi connectivity index (χ4v) is 7.19. The molecule has 0 aromatic heterocycles. The highest BCUT2D eigenvalue weighted by molar-refractivity contribution is 5.82. The molecule has 0 radical (unpaired) electrons. The van der Waals surface area contributed by atoms with Gasteiger partial charge < -0.3 is 15.1 Å². The first-order valence-corrected chi connectivity index (χ1v) is 13.9. The second-order valence-electron chi connectivity index (χ2n) is 15.5. The van der Waals surface area contributed by atoms with E-state index in [1.165, 1.54) is 12.8 Å². The molecule has 3 aliphatic rings. The lowest BCUT2D eigenvalue weighted by Crippen LogP contribution is -2.66. The number of nitriles is 1. The van der Waals surface area contributed by atoms with Gasteiger partial charge in [-0.1, -0.05) is 55.4 Å². The van der Waals surface area contributed by atoms with Crippen molar-refractivity contribution in [2.45, 2.75) is 132 Å². The van der Waals surface area contributed by atoms with Crippen molar-refractivity contribution in [2.24, 2.45) is 22.2 Å². The summed E-state index contributed by atoms with van der Waals surface area (Å²) in [6.45, 7) is 27.7. The van der Waals surface area contributed by atoms with Crippen molar-refractivity contribution in [3.63, 3.8) is 0 Å². The summed E-state index contributed by atoms with van der Waals surface area (Å²) in [5.74, 6) is 0.984. The number of carbonyl (C=O) groups is 2. The van der Waals surface area contributed by atoms with E-state index in [-0.39, 0.29) is 28.2 Å². The van der Waals surface area contributed by atoms with Crippen molar-refractivity contribution in [3.05, 3.63) is 0 Å². The molecular formula is C30H55N5O2. The molecule has 2 aliphatic heterocycles. The zero-order chi connectivity index (χ0) is 29.2. The van der Waals surface area contributed by atoms with Gasteiger partial charge in [0.2, 0.25) is 11.8 Å². The maximum atomic E-state index is 13.0. The van der Waals surface area contributed by atoms with E-state index in [2.05, 4.69) is 71.9 Å². The number of likely N-dealkylation sites (tertiary alicyclic amines) is 2. The molecule has 2 bridgehead atoms. The highest BCUT2D eigenvalue weighted by Gasteiger charge is 2.72. The second-order valence-corrected chi connectivity index (χ2v) is 15.5. The van der Waals surface area contributed by atoms with E-state index in [4.69, 9.17) is 0 Å². The van der Waals surface area contributed by atoms with E-state index in [1.807, 2.05) is 58.4 Å². The van der Waals surface area contributed by atoms with Gasteiger partial charge in [0.15, 0.2) is 6.19 Å². The molecule has 7 heteroatoms. The van der Waals surface area contributed by atoms with Crippen LogP contribution in [0.2, 0.25) is 0 Å². The van der Waals surface area contributed by atoms with Crippen molar-refractivity contribution in [3.8, 4) is 6.19 Å². The third-order valence-electron chi connectivity index (χ3n) is 10.6. The molecule has 2 saturated heterocycles. The van der Waals surface area contributed by atoms with Crippen LogP contribution in [-0.2, 0) is 9.59 Å². The molecule has 1 N–H and O–H groups in total. The van der Waals surface area contributed by atoms with Crippen LogP contribution in [0.3, 0.4) is 0 Å². The predicted molar refractivity (Wildman–Crippen MR) is 151 cm³/mol. The molecule has 4 atom stereocenters. The fraction of sp³-hybridized carbons (Fsp3) is 0.900. The first-order valence-electron chi connectivity index (χ1n) is 13.9. The smallest absolute Gasteiger partial charge is 0.228 e. The molecule has 0 aromatic carbocycles. The minimum atomic E-state index is -0.483. The molecule has 2 heterocycles. The summed E-state index contributed by atoms with van der Waals surface area (Å²) >= 11 is 0. The highest BCUT2D eigenvalue weighted by Crippen LogP contribution is 2.61. The zero-order valence-corrected chi connectivity index (χ0v) is 26.5. The van der Waals surface area contributed by atoms with Gasteiger partial charge in [0.1, 0.15) is 0 Å². The maximum absolute atomic E-state index is 13.0. The number of nitrogens with zero attached hydrogens (tertiary/aromatic N) is 4. The monoisotopic (exact) mass is 517 g/mol. The molecule has 3 fully saturated rings. The van der Waals surface area contributed by atoms with Crippen molar-refractivity contribution < 1.29 is 9.59 Å². The Morgan fingerprint density at radius 2 is 1.43 bits per heavy atom. The molecule has 1 saturated carbocycles. The van der Waals surface area contributed by atoms with Crippen molar-refractivity contribution in [1.29, 1.82) is 5.26 Å². The molecular weight excluding hydrogens is 462 g/mol. The lowest BCUT2D eigenvalue weighted by molar-refractivity contribution is -0.151. The first-order chi connectivity index (χ1) is 16.4. The van der Waals surface area contributed by atoms with Crippen LogP contribution in [-0.4, -0.2) is 75.9 Å². The van der Waals surface area contributed by atoms with Gasteiger partial charge >= 0.3 is 0 Å². The normalized spacial score (nSPS) is 31.8. The summed E-state index contributed by atoms with van der Waals surface area (Å²) < 4.78 is 0. The summed E-state index contributed by atoms with van der Waals surface area (Å²) in [5.41, 5.74) is -2.29. The van der Waals surface area contributed by atoms with Crippen LogP contribution in [0.5, 0.6) is 0 Å². The Morgan fingerprint density at radius 3 is 1.76 bits per heavy atom. The largest absolute Gasteiger partial charge is 0.351 e. The van der Waals surface area contributed by atoms with E-state index in [0.29, 0.717) is 18.0 Å². The second kappa shape index (κ2) is 9.43. The molecule has 7 nitrogen and oxygen atoms in total. The Bertz CT molecular complexity index is 933. The molecule has 2 amide bonds. The lowest BCUT2D eigenvalue weighted by atomic mass is 9.60. The number of piperidine rings is 1. The van der Waals surface area contributed by atoms with E-state index in [9.17, 15) is 14.9 Å². The minimum Gasteiger partial charge on any atom is -0.351 e. The Kier molecular flexibility index (Phi) is 8.01. The average molecular weight is 518 g/mol. The third kappa shape index (κ3) is 4.77. The first kappa shape index (κ1) is 31.4. The van der Waals surface area contributed by atoms with Gasteiger partial charge in [-0.3, -0.25) is 14.5 Å². The number of rotatable bonds is 2. The van der Waals surface area contributed by atoms with Gasteiger partial charge in [0, 0.05) is 41.9 Å². The number of hydrogen-bond donors (Lipinski definition) is 1. The van der Waals surface area contributed by atoms with E-state index in [0.717, 1.165) is 6.54 Å². The van der Waals surface area contributed by atoms with E-state index in [1.54, 1.807) is 0 Å². The Labute approximate surface area is 227 Å². The number of fused-ring (bicyclic) bond motifs is 2.